The van der Waals surface area contributed by atoms with Crippen LogP contribution in [-0.2, 0) is 6.54 Å². The van der Waals surface area contributed by atoms with Crippen LogP contribution < -0.4 is 5.32 Å². The molecular weight excluding hydrogens is 210 g/mol. The van der Waals surface area contributed by atoms with Crippen molar-refractivity contribution >= 4 is 0 Å². The van der Waals surface area contributed by atoms with Gasteiger partial charge in [0.1, 0.15) is 0 Å². The van der Waals surface area contributed by atoms with Gasteiger partial charge in [-0.05, 0) is 57.2 Å². The van der Waals surface area contributed by atoms with Gasteiger partial charge in [0.2, 0.25) is 0 Å². The molecule has 0 spiro atoms. The molecule has 0 saturated carbocycles. The molecule has 1 aliphatic carbocycles. The van der Waals surface area contributed by atoms with Crippen molar-refractivity contribution in [3.63, 3.8) is 0 Å². The lowest BCUT2D eigenvalue weighted by Crippen LogP contribution is -2.25. The maximum absolute atomic E-state index is 4.28. The minimum absolute atomic E-state index is 0.854. The molecule has 17 heavy (non-hydrogen) atoms. The summed E-state index contributed by atoms with van der Waals surface area (Å²) in [5.41, 5.74) is 1.24. The fraction of sp³-hybridized carbons (Fsp3) is 0.643. The van der Waals surface area contributed by atoms with Gasteiger partial charge in [0, 0.05) is 12.7 Å². The molecule has 1 N–H and O–H groups in total. The maximum Gasteiger partial charge on any atom is 0.0518 e. The van der Waals surface area contributed by atoms with E-state index in [2.05, 4.69) is 35.7 Å². The van der Waals surface area contributed by atoms with E-state index in [1.165, 1.54) is 31.4 Å². The van der Waals surface area contributed by atoms with E-state index in [9.17, 15) is 0 Å². The molecule has 0 unspecified atom stereocenters. The Balaban J connectivity index is 1.53. The second kappa shape index (κ2) is 6.60. The van der Waals surface area contributed by atoms with Gasteiger partial charge in [0.05, 0.1) is 6.20 Å². The molecule has 0 saturated heterocycles. The SMILES string of the molecule is Cc1cnn(CCCNC[C@H]2CC=CCC2)c1. The molecule has 1 aromatic heterocycles. The molecular formula is C14H23N3. The third-order valence-corrected chi connectivity index (χ3v) is 3.31. The number of aromatic nitrogens is 2. The van der Waals surface area contributed by atoms with Crippen molar-refractivity contribution in [1.29, 1.82) is 0 Å². The minimum atomic E-state index is 0.854. The van der Waals surface area contributed by atoms with Crippen LogP contribution in [0.1, 0.15) is 31.2 Å². The van der Waals surface area contributed by atoms with Gasteiger partial charge in [-0.15, -0.1) is 0 Å². The van der Waals surface area contributed by atoms with Gasteiger partial charge in [-0.2, -0.15) is 5.10 Å². The molecule has 1 aromatic rings. The average molecular weight is 233 g/mol. The van der Waals surface area contributed by atoms with Gasteiger partial charge in [0.25, 0.3) is 0 Å². The first-order valence-electron chi connectivity index (χ1n) is 6.69. The van der Waals surface area contributed by atoms with E-state index >= 15 is 0 Å². The molecule has 1 atom stereocenters. The van der Waals surface area contributed by atoms with E-state index < -0.39 is 0 Å². The van der Waals surface area contributed by atoms with Crippen LogP contribution in [-0.4, -0.2) is 22.9 Å². The monoisotopic (exact) mass is 233 g/mol. The minimum Gasteiger partial charge on any atom is -0.316 e. The number of rotatable bonds is 6. The predicted octanol–water partition coefficient (Wildman–Crippen LogP) is 2.53. The first-order chi connectivity index (χ1) is 8.34. The zero-order chi connectivity index (χ0) is 11.9. The molecule has 1 heterocycles. The van der Waals surface area contributed by atoms with Gasteiger partial charge in [-0.1, -0.05) is 12.2 Å². The molecule has 3 nitrogen and oxygen atoms in total. The highest BCUT2D eigenvalue weighted by atomic mass is 15.3. The molecule has 0 fully saturated rings. The van der Waals surface area contributed by atoms with Crippen LogP contribution >= 0.6 is 0 Å². The van der Waals surface area contributed by atoms with E-state index in [0.29, 0.717) is 0 Å². The summed E-state index contributed by atoms with van der Waals surface area (Å²) >= 11 is 0. The second-order valence-electron chi connectivity index (χ2n) is 4.99. The number of hydrogen-bond acceptors (Lipinski definition) is 2. The van der Waals surface area contributed by atoms with E-state index in [0.717, 1.165) is 25.4 Å². The summed E-state index contributed by atoms with van der Waals surface area (Å²) in [5, 5.41) is 7.84. The van der Waals surface area contributed by atoms with Gasteiger partial charge in [0.15, 0.2) is 0 Å². The van der Waals surface area contributed by atoms with Crippen LogP contribution in [0.25, 0.3) is 0 Å². The first-order valence-corrected chi connectivity index (χ1v) is 6.69. The molecule has 0 bridgehead atoms. The van der Waals surface area contributed by atoms with Crippen molar-refractivity contribution in [3.8, 4) is 0 Å². The summed E-state index contributed by atoms with van der Waals surface area (Å²) in [6, 6.07) is 0. The van der Waals surface area contributed by atoms with Crippen molar-refractivity contribution in [3.05, 3.63) is 30.1 Å². The number of aryl methyl sites for hydroxylation is 2. The Kier molecular flexibility index (Phi) is 4.80. The molecule has 0 radical (unpaired) electrons. The fourth-order valence-electron chi connectivity index (χ4n) is 2.30. The summed E-state index contributed by atoms with van der Waals surface area (Å²) in [7, 11) is 0. The molecule has 2 rings (SSSR count). The van der Waals surface area contributed by atoms with Crippen LogP contribution in [0.5, 0.6) is 0 Å². The van der Waals surface area contributed by atoms with Crippen LogP contribution in [0.3, 0.4) is 0 Å². The standard InChI is InChI=1S/C14H23N3/c1-13-10-16-17(12-13)9-5-8-15-11-14-6-3-2-4-7-14/h2-3,10,12,14-15H,4-9,11H2,1H3/t14-/m0/s1. The highest BCUT2D eigenvalue weighted by Gasteiger charge is 2.08. The lowest BCUT2D eigenvalue weighted by atomic mass is 9.94. The van der Waals surface area contributed by atoms with Gasteiger partial charge in [-0.25, -0.2) is 0 Å². The van der Waals surface area contributed by atoms with Crippen molar-refractivity contribution in [2.45, 2.75) is 39.2 Å². The third-order valence-electron chi connectivity index (χ3n) is 3.31. The average Bonchev–Trinajstić information content (AvgIpc) is 2.76. The predicted molar refractivity (Wildman–Crippen MR) is 70.9 cm³/mol. The van der Waals surface area contributed by atoms with Crippen molar-refractivity contribution in [1.82, 2.24) is 15.1 Å². The first kappa shape index (κ1) is 12.4. The van der Waals surface area contributed by atoms with Crippen LogP contribution in [0.15, 0.2) is 24.5 Å². The van der Waals surface area contributed by atoms with Gasteiger partial charge >= 0.3 is 0 Å². The molecule has 94 valence electrons. The number of nitrogens with one attached hydrogen (secondary N) is 1. The molecule has 1 aliphatic rings. The Morgan fingerprint density at radius 2 is 2.41 bits per heavy atom. The highest BCUT2D eigenvalue weighted by Crippen LogP contribution is 2.16. The second-order valence-corrected chi connectivity index (χ2v) is 4.99. The maximum atomic E-state index is 4.28. The van der Waals surface area contributed by atoms with Crippen molar-refractivity contribution in [2.24, 2.45) is 5.92 Å². The van der Waals surface area contributed by atoms with E-state index in [4.69, 9.17) is 0 Å². The summed E-state index contributed by atoms with van der Waals surface area (Å²) in [4.78, 5) is 0. The summed E-state index contributed by atoms with van der Waals surface area (Å²) in [6.07, 6.45) is 13.7. The van der Waals surface area contributed by atoms with Gasteiger partial charge in [-0.3, -0.25) is 4.68 Å². The molecule has 0 aliphatic heterocycles. The zero-order valence-corrected chi connectivity index (χ0v) is 10.7. The number of allylic oxidation sites excluding steroid dienone is 2. The fourth-order valence-corrected chi connectivity index (χ4v) is 2.30. The molecule has 0 amide bonds. The topological polar surface area (TPSA) is 29.9 Å². The molecule has 3 heteroatoms. The Morgan fingerprint density at radius 1 is 1.47 bits per heavy atom. The van der Waals surface area contributed by atoms with E-state index in [1.807, 2.05) is 10.9 Å². The summed E-state index contributed by atoms with van der Waals surface area (Å²) < 4.78 is 2.03. The van der Waals surface area contributed by atoms with Crippen molar-refractivity contribution < 1.29 is 0 Å². The quantitative estimate of drug-likeness (QED) is 0.604. The summed E-state index contributed by atoms with van der Waals surface area (Å²) in [5.74, 6) is 0.854. The Bertz CT molecular complexity index is 354. The van der Waals surface area contributed by atoms with Crippen LogP contribution in [0.4, 0.5) is 0 Å². The lowest BCUT2D eigenvalue weighted by molar-refractivity contribution is 0.431. The summed E-state index contributed by atoms with van der Waals surface area (Å²) in [6.45, 7) is 5.37. The molecule has 0 aromatic carbocycles. The van der Waals surface area contributed by atoms with Gasteiger partial charge < -0.3 is 5.32 Å². The smallest absolute Gasteiger partial charge is 0.0518 e. The van der Waals surface area contributed by atoms with E-state index in [1.54, 1.807) is 0 Å². The highest BCUT2D eigenvalue weighted by molar-refractivity contribution is 4.99. The number of nitrogens with zero attached hydrogens (tertiary/aromatic N) is 2. The van der Waals surface area contributed by atoms with E-state index in [-0.39, 0.29) is 0 Å². The normalized spacial score (nSPS) is 19.7. The number of hydrogen-bond donors (Lipinski definition) is 1. The Hall–Kier alpha value is -1.09. The van der Waals surface area contributed by atoms with Crippen molar-refractivity contribution in [2.75, 3.05) is 13.1 Å². The zero-order valence-electron chi connectivity index (χ0n) is 10.7. The van der Waals surface area contributed by atoms with Crippen LogP contribution in [0, 0.1) is 12.8 Å². The van der Waals surface area contributed by atoms with Crippen LogP contribution in [0.2, 0.25) is 0 Å². The Morgan fingerprint density at radius 3 is 3.12 bits per heavy atom. The third kappa shape index (κ3) is 4.35. The Labute approximate surface area is 104 Å². The largest absolute Gasteiger partial charge is 0.316 e. The lowest BCUT2D eigenvalue weighted by Gasteiger charge is -2.18.